The third-order valence-corrected chi connectivity index (χ3v) is 1.06. The molecule has 0 rings (SSSR count). The molecule has 12 heavy (non-hydrogen) atoms. The smallest absolute Gasteiger partial charge is 0.337 e. The quantitative estimate of drug-likeness (QED) is 0.278. The molecule has 0 aliphatic heterocycles. The molecular weight excluding hydrogens is 154 g/mol. The summed E-state index contributed by atoms with van der Waals surface area (Å²) in [6.07, 6.45) is 3.04. The standard InChI is InChI=1S/C9H13NO2/c1-7(2)10-6-5-8(3)9(11)12-4/h5-6H,3H2,1-2,4H3/b6-5-. The van der Waals surface area contributed by atoms with Crippen LogP contribution >= 0.6 is 0 Å². The van der Waals surface area contributed by atoms with Crippen LogP contribution in [0, 0.1) is 0 Å². The number of hydrogen-bond acceptors (Lipinski definition) is 3. The number of esters is 1. The summed E-state index contributed by atoms with van der Waals surface area (Å²) in [5, 5.41) is 0. The van der Waals surface area contributed by atoms with Gasteiger partial charge < -0.3 is 4.74 Å². The number of carbonyl (C=O) groups is 1. The Morgan fingerprint density at radius 2 is 2.08 bits per heavy atom. The van der Waals surface area contributed by atoms with Crippen LogP contribution in [0.1, 0.15) is 13.8 Å². The van der Waals surface area contributed by atoms with E-state index in [0.717, 1.165) is 5.71 Å². The maximum Gasteiger partial charge on any atom is 0.337 e. The monoisotopic (exact) mass is 167 g/mol. The zero-order chi connectivity index (χ0) is 9.56. The first-order chi connectivity index (χ1) is 5.57. The van der Waals surface area contributed by atoms with Crippen molar-refractivity contribution in [2.45, 2.75) is 13.8 Å². The number of hydrogen-bond donors (Lipinski definition) is 0. The molecule has 0 bridgehead atoms. The summed E-state index contributed by atoms with van der Waals surface area (Å²) in [6, 6.07) is 0. The highest BCUT2D eigenvalue weighted by Gasteiger charge is 2.00. The highest BCUT2D eigenvalue weighted by atomic mass is 16.5. The topological polar surface area (TPSA) is 38.7 Å². The van der Waals surface area contributed by atoms with Gasteiger partial charge in [0.05, 0.1) is 12.7 Å². The normalized spacial score (nSPS) is 9.58. The molecule has 0 fully saturated rings. The molecule has 0 saturated heterocycles. The number of nitrogens with zero attached hydrogens (tertiary/aromatic N) is 1. The number of aliphatic imine (C=N–C) groups is 1. The highest BCUT2D eigenvalue weighted by Crippen LogP contribution is 1.95. The van der Waals surface area contributed by atoms with E-state index in [4.69, 9.17) is 0 Å². The number of methoxy groups -OCH3 is 1. The van der Waals surface area contributed by atoms with Crippen LogP contribution in [0.15, 0.2) is 29.4 Å². The van der Waals surface area contributed by atoms with E-state index in [1.54, 1.807) is 0 Å². The lowest BCUT2D eigenvalue weighted by atomic mass is 10.3. The molecule has 0 aliphatic rings. The molecule has 0 radical (unpaired) electrons. The van der Waals surface area contributed by atoms with Gasteiger partial charge in [-0.3, -0.25) is 4.99 Å². The van der Waals surface area contributed by atoms with E-state index in [-0.39, 0.29) is 0 Å². The van der Waals surface area contributed by atoms with Crippen LogP contribution in [0.4, 0.5) is 0 Å². The van der Waals surface area contributed by atoms with Crippen LogP contribution in [0.2, 0.25) is 0 Å². The van der Waals surface area contributed by atoms with Crippen molar-refractivity contribution in [1.29, 1.82) is 0 Å². The van der Waals surface area contributed by atoms with Gasteiger partial charge in [0, 0.05) is 11.9 Å². The molecule has 0 unspecified atom stereocenters. The maximum atomic E-state index is 10.8. The van der Waals surface area contributed by atoms with Crippen molar-refractivity contribution in [3.05, 3.63) is 24.4 Å². The Bertz CT molecular complexity index is 235. The predicted octanol–water partition coefficient (Wildman–Crippen LogP) is 1.71. The largest absolute Gasteiger partial charge is 0.465 e. The molecule has 0 N–H and O–H groups in total. The Hall–Kier alpha value is -1.38. The molecule has 0 heterocycles. The van der Waals surface area contributed by atoms with Gasteiger partial charge in [-0.05, 0) is 19.9 Å². The fraction of sp³-hybridized carbons (Fsp3) is 0.333. The van der Waals surface area contributed by atoms with Crippen LogP contribution in [0.3, 0.4) is 0 Å². The lowest BCUT2D eigenvalue weighted by Crippen LogP contribution is -2.00. The van der Waals surface area contributed by atoms with Gasteiger partial charge in [0.2, 0.25) is 0 Å². The molecule has 0 aromatic heterocycles. The fourth-order valence-electron chi connectivity index (χ4n) is 0.475. The van der Waals surface area contributed by atoms with Crippen LogP contribution in [0.25, 0.3) is 0 Å². The summed E-state index contributed by atoms with van der Waals surface area (Å²) in [5.74, 6) is -0.435. The minimum atomic E-state index is -0.435. The third kappa shape index (κ3) is 4.44. The zero-order valence-corrected chi connectivity index (χ0v) is 7.63. The minimum absolute atomic E-state index is 0.294. The lowest BCUT2D eigenvalue weighted by molar-refractivity contribution is -0.135. The second-order valence-corrected chi connectivity index (χ2v) is 2.41. The summed E-state index contributed by atoms with van der Waals surface area (Å²) in [6.45, 7) is 7.22. The molecule has 3 nitrogen and oxygen atoms in total. The van der Waals surface area contributed by atoms with E-state index in [2.05, 4.69) is 16.3 Å². The molecule has 0 aromatic carbocycles. The number of carbonyl (C=O) groups excluding carboxylic acids is 1. The first-order valence-corrected chi connectivity index (χ1v) is 3.52. The molecule has 0 spiro atoms. The summed E-state index contributed by atoms with van der Waals surface area (Å²) < 4.78 is 4.43. The Morgan fingerprint density at radius 1 is 1.50 bits per heavy atom. The van der Waals surface area contributed by atoms with Crippen LogP contribution in [-0.2, 0) is 9.53 Å². The van der Waals surface area contributed by atoms with E-state index in [9.17, 15) is 4.79 Å². The fourth-order valence-corrected chi connectivity index (χ4v) is 0.475. The van der Waals surface area contributed by atoms with Crippen molar-refractivity contribution in [1.82, 2.24) is 0 Å². The molecule has 0 saturated carbocycles. The summed E-state index contributed by atoms with van der Waals surface area (Å²) in [7, 11) is 1.32. The first-order valence-electron chi connectivity index (χ1n) is 3.52. The summed E-state index contributed by atoms with van der Waals surface area (Å²) in [5.41, 5.74) is 1.21. The Kier molecular flexibility index (Phi) is 4.69. The van der Waals surface area contributed by atoms with Crippen molar-refractivity contribution in [2.24, 2.45) is 4.99 Å². The van der Waals surface area contributed by atoms with E-state index in [0.29, 0.717) is 5.57 Å². The van der Waals surface area contributed by atoms with Gasteiger partial charge in [0.1, 0.15) is 0 Å². The van der Waals surface area contributed by atoms with Crippen molar-refractivity contribution in [3.8, 4) is 0 Å². The Balaban J connectivity index is 4.10. The zero-order valence-electron chi connectivity index (χ0n) is 7.63. The molecule has 0 aliphatic carbocycles. The van der Waals surface area contributed by atoms with Crippen LogP contribution in [-0.4, -0.2) is 18.8 Å². The van der Waals surface area contributed by atoms with Crippen molar-refractivity contribution in [3.63, 3.8) is 0 Å². The number of ether oxygens (including phenoxy) is 1. The SMILES string of the molecule is C=C(/C=C\N=C(C)C)C(=O)OC. The molecule has 0 aromatic rings. The van der Waals surface area contributed by atoms with Crippen LogP contribution < -0.4 is 0 Å². The second-order valence-electron chi connectivity index (χ2n) is 2.41. The number of rotatable bonds is 3. The highest BCUT2D eigenvalue weighted by molar-refractivity contribution is 5.90. The van der Waals surface area contributed by atoms with Gasteiger partial charge >= 0.3 is 5.97 Å². The summed E-state index contributed by atoms with van der Waals surface area (Å²) >= 11 is 0. The molecule has 0 atom stereocenters. The van der Waals surface area contributed by atoms with Crippen molar-refractivity contribution >= 4 is 11.7 Å². The molecule has 0 amide bonds. The Morgan fingerprint density at radius 3 is 2.50 bits per heavy atom. The first kappa shape index (κ1) is 10.6. The van der Waals surface area contributed by atoms with Crippen molar-refractivity contribution in [2.75, 3.05) is 7.11 Å². The average Bonchev–Trinajstić information content (AvgIpc) is 2.02. The molecule has 66 valence electrons. The second kappa shape index (κ2) is 5.29. The predicted molar refractivity (Wildman–Crippen MR) is 49.1 cm³/mol. The minimum Gasteiger partial charge on any atom is -0.465 e. The van der Waals surface area contributed by atoms with Gasteiger partial charge in [-0.25, -0.2) is 4.79 Å². The van der Waals surface area contributed by atoms with E-state index >= 15 is 0 Å². The van der Waals surface area contributed by atoms with Gasteiger partial charge in [-0.15, -0.1) is 0 Å². The lowest BCUT2D eigenvalue weighted by Gasteiger charge is -1.94. The maximum absolute atomic E-state index is 10.8. The van der Waals surface area contributed by atoms with E-state index in [1.807, 2.05) is 13.8 Å². The third-order valence-electron chi connectivity index (χ3n) is 1.06. The van der Waals surface area contributed by atoms with E-state index < -0.39 is 5.97 Å². The van der Waals surface area contributed by atoms with Gasteiger partial charge in [0.15, 0.2) is 0 Å². The van der Waals surface area contributed by atoms with Gasteiger partial charge in [-0.1, -0.05) is 6.58 Å². The van der Waals surface area contributed by atoms with Crippen molar-refractivity contribution < 1.29 is 9.53 Å². The summed E-state index contributed by atoms with van der Waals surface area (Å²) in [4.78, 5) is 14.7. The average molecular weight is 167 g/mol. The van der Waals surface area contributed by atoms with Gasteiger partial charge in [0.25, 0.3) is 0 Å². The van der Waals surface area contributed by atoms with Crippen LogP contribution in [0.5, 0.6) is 0 Å². The van der Waals surface area contributed by atoms with E-state index in [1.165, 1.54) is 19.4 Å². The van der Waals surface area contributed by atoms with Gasteiger partial charge in [-0.2, -0.15) is 0 Å². The molecule has 3 heteroatoms. The molecular formula is C9H13NO2. The Labute approximate surface area is 72.4 Å².